The average Bonchev–Trinajstić information content (AvgIpc) is 3.00. The maximum absolute atomic E-state index is 11.6. The third-order valence-electron chi connectivity index (χ3n) is 4.12. The quantitative estimate of drug-likeness (QED) is 0.783. The summed E-state index contributed by atoms with van der Waals surface area (Å²) in [4.78, 5) is 14.1. The van der Waals surface area contributed by atoms with Crippen molar-refractivity contribution in [3.8, 4) is 5.75 Å². The molecule has 0 amide bonds. The highest BCUT2D eigenvalue weighted by molar-refractivity contribution is 5.94. The lowest BCUT2D eigenvalue weighted by Gasteiger charge is -2.28. The van der Waals surface area contributed by atoms with Gasteiger partial charge in [-0.1, -0.05) is 6.92 Å². The first kappa shape index (κ1) is 16.0. The van der Waals surface area contributed by atoms with Crippen molar-refractivity contribution in [1.29, 1.82) is 0 Å². The van der Waals surface area contributed by atoms with Crippen LogP contribution in [0.4, 0.5) is 0 Å². The van der Waals surface area contributed by atoms with E-state index in [9.17, 15) is 4.79 Å². The second-order valence-electron chi connectivity index (χ2n) is 5.70. The number of ether oxygens (including phenoxy) is 1. The molecule has 116 valence electrons. The van der Waals surface area contributed by atoms with E-state index in [0.717, 1.165) is 49.5 Å². The van der Waals surface area contributed by atoms with Crippen molar-refractivity contribution in [2.45, 2.75) is 39.3 Å². The van der Waals surface area contributed by atoms with E-state index in [-0.39, 0.29) is 5.78 Å². The monoisotopic (exact) mass is 290 g/mol. The van der Waals surface area contributed by atoms with Gasteiger partial charge in [-0.15, -0.1) is 0 Å². The molecule has 2 rings (SSSR count). The number of hydrogen-bond donors (Lipinski definition) is 1. The molecule has 0 saturated carbocycles. The molecular weight excluding hydrogens is 264 g/mol. The summed E-state index contributed by atoms with van der Waals surface area (Å²) in [5, 5.41) is 3.43. The maximum Gasteiger partial charge on any atom is 0.159 e. The Bertz CT molecular complexity index is 482. The van der Waals surface area contributed by atoms with Crippen LogP contribution in [0.2, 0.25) is 0 Å². The van der Waals surface area contributed by atoms with Crippen LogP contribution >= 0.6 is 0 Å². The summed E-state index contributed by atoms with van der Waals surface area (Å²) in [6.07, 6.45) is 2.32. The van der Waals surface area contributed by atoms with Gasteiger partial charge in [-0.2, -0.15) is 0 Å². The van der Waals surface area contributed by atoms with Crippen LogP contribution in [0.15, 0.2) is 18.2 Å². The molecule has 4 nitrogen and oxygen atoms in total. The summed E-state index contributed by atoms with van der Waals surface area (Å²) < 4.78 is 5.47. The molecule has 1 fully saturated rings. The summed E-state index contributed by atoms with van der Waals surface area (Å²) >= 11 is 0. The van der Waals surface area contributed by atoms with Crippen molar-refractivity contribution >= 4 is 5.78 Å². The van der Waals surface area contributed by atoms with Crippen molar-refractivity contribution in [3.05, 3.63) is 29.3 Å². The zero-order valence-corrected chi connectivity index (χ0v) is 13.3. The summed E-state index contributed by atoms with van der Waals surface area (Å²) in [5.74, 6) is 0.968. The molecule has 4 heteroatoms. The lowest BCUT2D eigenvalue weighted by molar-refractivity contribution is 0.101. The number of carbonyl (C=O) groups excluding carboxylic acids is 1. The molecule has 1 aliphatic rings. The number of rotatable bonds is 7. The fourth-order valence-corrected chi connectivity index (χ4v) is 2.97. The van der Waals surface area contributed by atoms with Crippen molar-refractivity contribution in [3.63, 3.8) is 0 Å². The fraction of sp³-hybridized carbons (Fsp3) is 0.588. The Morgan fingerprint density at radius 2 is 2.29 bits per heavy atom. The first-order chi connectivity index (χ1) is 10.2. The molecule has 0 spiro atoms. The Labute approximate surface area is 127 Å². The molecule has 1 aromatic carbocycles. The smallest absolute Gasteiger partial charge is 0.159 e. The van der Waals surface area contributed by atoms with Gasteiger partial charge in [0.1, 0.15) is 5.75 Å². The Morgan fingerprint density at radius 3 is 2.86 bits per heavy atom. The van der Waals surface area contributed by atoms with Crippen LogP contribution in [-0.4, -0.2) is 43.5 Å². The van der Waals surface area contributed by atoms with Crippen LogP contribution in [0.1, 0.15) is 42.6 Å². The molecule has 0 bridgehead atoms. The molecule has 1 saturated heterocycles. The molecule has 21 heavy (non-hydrogen) atoms. The van der Waals surface area contributed by atoms with Crippen molar-refractivity contribution < 1.29 is 9.53 Å². The Balaban J connectivity index is 2.21. The number of carbonyl (C=O) groups is 1. The molecular formula is C17H26N2O2. The number of methoxy groups -OCH3 is 1. The molecule has 1 aromatic rings. The SMILES string of the molecule is CCCN(Cc1cc(C(C)=O)ccc1OC)C1CCNC1. The maximum atomic E-state index is 11.6. The third-order valence-corrected chi connectivity index (χ3v) is 4.12. The molecule has 0 aliphatic carbocycles. The highest BCUT2D eigenvalue weighted by atomic mass is 16.5. The van der Waals surface area contributed by atoms with Gasteiger partial charge >= 0.3 is 0 Å². The summed E-state index contributed by atoms with van der Waals surface area (Å²) in [6.45, 7) is 7.86. The Morgan fingerprint density at radius 1 is 1.48 bits per heavy atom. The predicted molar refractivity (Wildman–Crippen MR) is 85.0 cm³/mol. The third kappa shape index (κ3) is 4.05. The number of ketones is 1. The first-order valence-electron chi connectivity index (χ1n) is 7.78. The normalized spacial score (nSPS) is 18.2. The van der Waals surface area contributed by atoms with Crippen LogP contribution in [0, 0.1) is 0 Å². The van der Waals surface area contributed by atoms with E-state index >= 15 is 0 Å². The van der Waals surface area contributed by atoms with Gasteiger partial charge in [-0.25, -0.2) is 0 Å². The van der Waals surface area contributed by atoms with Gasteiger partial charge in [0.15, 0.2) is 5.78 Å². The van der Waals surface area contributed by atoms with Gasteiger partial charge in [-0.05, 0) is 51.1 Å². The van der Waals surface area contributed by atoms with E-state index in [2.05, 4.69) is 17.1 Å². The minimum absolute atomic E-state index is 0.100. The largest absolute Gasteiger partial charge is 0.496 e. The van der Waals surface area contributed by atoms with Crippen LogP contribution in [0.3, 0.4) is 0 Å². The first-order valence-corrected chi connectivity index (χ1v) is 7.78. The van der Waals surface area contributed by atoms with E-state index in [1.54, 1.807) is 14.0 Å². The number of nitrogens with zero attached hydrogens (tertiary/aromatic N) is 1. The Hall–Kier alpha value is -1.39. The molecule has 1 aliphatic heterocycles. The minimum Gasteiger partial charge on any atom is -0.496 e. The Kier molecular flexibility index (Phi) is 5.76. The number of hydrogen-bond acceptors (Lipinski definition) is 4. The van der Waals surface area contributed by atoms with Crippen LogP contribution in [-0.2, 0) is 6.54 Å². The number of Topliss-reactive ketones (excluding diaryl/α,β-unsaturated/α-hetero) is 1. The van der Waals surface area contributed by atoms with Crippen molar-refractivity contribution in [2.24, 2.45) is 0 Å². The van der Waals surface area contributed by atoms with Crippen molar-refractivity contribution in [1.82, 2.24) is 10.2 Å². The summed E-state index contributed by atoms with van der Waals surface area (Å²) in [5.41, 5.74) is 1.86. The van der Waals surface area contributed by atoms with Gasteiger partial charge in [-0.3, -0.25) is 9.69 Å². The lowest BCUT2D eigenvalue weighted by atomic mass is 10.1. The zero-order chi connectivity index (χ0) is 15.2. The summed E-state index contributed by atoms with van der Waals surface area (Å²) in [7, 11) is 1.69. The van der Waals surface area contributed by atoms with E-state index < -0.39 is 0 Å². The van der Waals surface area contributed by atoms with Crippen molar-refractivity contribution in [2.75, 3.05) is 26.7 Å². The number of benzene rings is 1. The van der Waals surface area contributed by atoms with Crippen LogP contribution in [0.5, 0.6) is 5.75 Å². The zero-order valence-electron chi connectivity index (χ0n) is 13.3. The van der Waals surface area contributed by atoms with Crippen LogP contribution in [0.25, 0.3) is 0 Å². The molecule has 1 atom stereocenters. The van der Waals surface area contributed by atoms with E-state index in [1.165, 1.54) is 6.42 Å². The lowest BCUT2D eigenvalue weighted by Crippen LogP contribution is -2.37. The van der Waals surface area contributed by atoms with Gasteiger partial charge in [0.25, 0.3) is 0 Å². The average molecular weight is 290 g/mol. The molecule has 1 heterocycles. The van der Waals surface area contributed by atoms with Gasteiger partial charge < -0.3 is 10.1 Å². The van der Waals surface area contributed by atoms with E-state index in [1.807, 2.05) is 18.2 Å². The second kappa shape index (κ2) is 7.57. The fourth-order valence-electron chi connectivity index (χ4n) is 2.97. The highest BCUT2D eigenvalue weighted by Crippen LogP contribution is 2.24. The van der Waals surface area contributed by atoms with E-state index in [0.29, 0.717) is 6.04 Å². The molecule has 0 aromatic heterocycles. The highest BCUT2D eigenvalue weighted by Gasteiger charge is 2.22. The van der Waals surface area contributed by atoms with Gasteiger partial charge in [0, 0.05) is 30.3 Å². The summed E-state index contributed by atoms with van der Waals surface area (Å²) in [6, 6.07) is 6.30. The van der Waals surface area contributed by atoms with Crippen LogP contribution < -0.4 is 10.1 Å². The molecule has 1 unspecified atom stereocenters. The van der Waals surface area contributed by atoms with Gasteiger partial charge in [0.05, 0.1) is 7.11 Å². The second-order valence-corrected chi connectivity index (χ2v) is 5.70. The topological polar surface area (TPSA) is 41.6 Å². The van der Waals surface area contributed by atoms with E-state index in [4.69, 9.17) is 4.74 Å². The standard InChI is InChI=1S/C17H26N2O2/c1-4-9-19(16-7-8-18-11-16)12-15-10-14(13(2)20)5-6-17(15)21-3/h5-6,10,16,18H,4,7-9,11-12H2,1-3H3. The molecule has 1 N–H and O–H groups in total. The van der Waals surface area contributed by atoms with Gasteiger partial charge in [0.2, 0.25) is 0 Å². The minimum atomic E-state index is 0.100. The molecule has 0 radical (unpaired) electrons. The number of nitrogens with one attached hydrogen (secondary N) is 1. The predicted octanol–water partition coefficient (Wildman–Crippen LogP) is 2.47.